The summed E-state index contributed by atoms with van der Waals surface area (Å²) < 4.78 is 27.8. The molecule has 4 rings (SSSR count). The Balaban J connectivity index is 1.76. The molecule has 7 heteroatoms. The quantitative estimate of drug-likeness (QED) is 0.707. The standard InChI is InChI=1S/C24H25BClN2O2S/c25-24-17(5-4-13-27)8-9-18-15-20(26)10-11-22(18)23(24)19-12-14-28(16-19)31(29,30)21-6-2-1-3-7-21/h1-7,10-11,13,18H,8-9,12,14-16,27H2/b13-4-,17-5-,23-19-. The van der Waals surface area contributed by atoms with E-state index in [-0.39, 0.29) is 5.92 Å². The van der Waals surface area contributed by atoms with Crippen molar-refractivity contribution in [3.8, 4) is 0 Å². The van der Waals surface area contributed by atoms with Gasteiger partial charge >= 0.3 is 191 Å². The molecule has 3 aliphatic rings. The fraction of sp³-hybridized carbons (Fsp3) is 0.292. The third kappa shape index (κ3) is 4.43. The number of nitrogens with zero attached hydrogens (tertiary/aromatic N) is 1. The van der Waals surface area contributed by atoms with Crippen LogP contribution in [0.4, 0.5) is 0 Å². The van der Waals surface area contributed by atoms with Crippen LogP contribution in [0.15, 0.2) is 93.1 Å². The molecule has 31 heavy (non-hydrogen) atoms. The van der Waals surface area contributed by atoms with E-state index in [2.05, 4.69) is 6.08 Å². The van der Waals surface area contributed by atoms with Crippen molar-refractivity contribution in [2.45, 2.75) is 30.6 Å². The van der Waals surface area contributed by atoms with Crippen LogP contribution < -0.4 is 5.73 Å². The Hall–Kier alpha value is -2.15. The Morgan fingerprint density at radius 3 is 2.68 bits per heavy atom. The molecule has 2 N–H and O–H groups in total. The van der Waals surface area contributed by atoms with Gasteiger partial charge in [0.2, 0.25) is 0 Å². The number of allylic oxidation sites excluding steroid dienone is 8. The molecule has 1 unspecified atom stereocenters. The molecule has 1 aromatic carbocycles. The topological polar surface area (TPSA) is 63.4 Å². The van der Waals surface area contributed by atoms with Gasteiger partial charge in [-0.15, -0.1) is 0 Å². The third-order valence-corrected chi connectivity index (χ3v) is 8.30. The van der Waals surface area contributed by atoms with E-state index in [1.54, 1.807) is 34.6 Å². The first-order chi connectivity index (χ1) is 14.9. The molecule has 1 heterocycles. The zero-order valence-corrected chi connectivity index (χ0v) is 18.9. The summed E-state index contributed by atoms with van der Waals surface area (Å²) in [6, 6.07) is 8.58. The van der Waals surface area contributed by atoms with Gasteiger partial charge in [-0.05, 0) is 0 Å². The van der Waals surface area contributed by atoms with E-state index in [9.17, 15) is 8.42 Å². The van der Waals surface area contributed by atoms with Crippen molar-refractivity contribution in [3.63, 3.8) is 0 Å². The van der Waals surface area contributed by atoms with Gasteiger partial charge in [0.25, 0.3) is 0 Å². The second kappa shape index (κ2) is 9.15. The monoisotopic (exact) mass is 451 g/mol. The molecule has 1 atom stereocenters. The fourth-order valence-electron chi connectivity index (χ4n) is 4.58. The zero-order chi connectivity index (χ0) is 22.0. The number of sulfonamides is 1. The molecule has 2 fully saturated rings. The molecule has 1 saturated carbocycles. The van der Waals surface area contributed by atoms with Gasteiger partial charge < -0.3 is 0 Å². The van der Waals surface area contributed by atoms with E-state index >= 15 is 0 Å². The number of fused-ring (bicyclic) bond motifs is 1. The molecule has 1 saturated heterocycles. The minimum atomic E-state index is -3.55. The molecule has 1 radical (unpaired) electrons. The van der Waals surface area contributed by atoms with Gasteiger partial charge in [-0.3, -0.25) is 0 Å². The molecule has 0 bridgehead atoms. The summed E-state index contributed by atoms with van der Waals surface area (Å²) in [4.78, 5) is 0.317. The molecule has 2 aliphatic carbocycles. The van der Waals surface area contributed by atoms with Crippen molar-refractivity contribution in [2.24, 2.45) is 11.7 Å². The Kier molecular flexibility index (Phi) is 6.51. The van der Waals surface area contributed by atoms with Crippen LogP contribution in [0, 0.1) is 5.92 Å². The van der Waals surface area contributed by atoms with Gasteiger partial charge in [-0.2, -0.15) is 0 Å². The van der Waals surface area contributed by atoms with Crippen molar-refractivity contribution in [3.05, 3.63) is 88.2 Å². The van der Waals surface area contributed by atoms with E-state index in [0.29, 0.717) is 29.9 Å². The van der Waals surface area contributed by atoms with E-state index in [0.717, 1.165) is 46.6 Å². The SMILES string of the molecule is [B]=C1/C(=C\C=C/N)CCC2CC(Cl)=CC=C2/C1=C1\CCN(S(=O)(=O)c2ccccc2)C1. The molecule has 1 aromatic rings. The summed E-state index contributed by atoms with van der Waals surface area (Å²) in [5, 5.41) is 0.839. The molecule has 4 nitrogen and oxygen atoms in total. The van der Waals surface area contributed by atoms with Crippen LogP contribution in [-0.4, -0.2) is 38.8 Å². The normalized spacial score (nSPS) is 26.6. The maximum absolute atomic E-state index is 13.1. The van der Waals surface area contributed by atoms with Crippen molar-refractivity contribution in [2.75, 3.05) is 13.1 Å². The summed E-state index contributed by atoms with van der Waals surface area (Å²) in [6.45, 7) is 0.786. The first-order valence-electron chi connectivity index (χ1n) is 10.5. The molecule has 1 aliphatic heterocycles. The Morgan fingerprint density at radius 2 is 1.94 bits per heavy atom. The van der Waals surface area contributed by atoms with Crippen LogP contribution in [0.3, 0.4) is 0 Å². The number of hydrogen-bond acceptors (Lipinski definition) is 3. The Morgan fingerprint density at radius 1 is 1.16 bits per heavy atom. The molecule has 159 valence electrons. The van der Waals surface area contributed by atoms with Gasteiger partial charge in [-0.1, -0.05) is 0 Å². The summed E-state index contributed by atoms with van der Waals surface area (Å²) in [7, 11) is 3.16. The van der Waals surface area contributed by atoms with Crippen LogP contribution in [-0.2, 0) is 10.0 Å². The van der Waals surface area contributed by atoms with Crippen molar-refractivity contribution >= 4 is 34.6 Å². The Labute approximate surface area is 190 Å². The molecule has 0 spiro atoms. The number of rotatable bonds is 3. The van der Waals surface area contributed by atoms with Crippen molar-refractivity contribution in [1.82, 2.24) is 4.31 Å². The predicted octanol–water partition coefficient (Wildman–Crippen LogP) is 3.98. The van der Waals surface area contributed by atoms with Crippen LogP contribution >= 0.6 is 11.6 Å². The summed E-state index contributed by atoms with van der Waals surface area (Å²) >= 11 is 6.34. The molecule has 0 aromatic heterocycles. The number of nitrogens with two attached hydrogens (primary N) is 1. The van der Waals surface area contributed by atoms with Gasteiger partial charge in [0, 0.05) is 0 Å². The zero-order valence-electron chi connectivity index (χ0n) is 17.3. The second-order valence-electron chi connectivity index (χ2n) is 8.05. The molecular weight excluding hydrogens is 427 g/mol. The number of hydrogen-bond donors (Lipinski definition) is 1. The second-order valence-corrected chi connectivity index (χ2v) is 10.5. The van der Waals surface area contributed by atoms with E-state index in [1.807, 2.05) is 18.2 Å². The first-order valence-corrected chi connectivity index (χ1v) is 12.3. The van der Waals surface area contributed by atoms with Crippen LogP contribution in [0.1, 0.15) is 25.7 Å². The average molecular weight is 452 g/mol. The number of halogens is 1. The fourth-order valence-corrected chi connectivity index (χ4v) is 6.28. The van der Waals surface area contributed by atoms with Crippen molar-refractivity contribution in [1.29, 1.82) is 0 Å². The van der Waals surface area contributed by atoms with Crippen molar-refractivity contribution < 1.29 is 8.42 Å². The third-order valence-electron chi connectivity index (χ3n) is 6.16. The first kappa shape index (κ1) is 22.1. The molecular formula is C24H25BClN2O2S. The minimum absolute atomic E-state index is 0.270. The molecule has 0 amide bonds. The summed E-state index contributed by atoms with van der Waals surface area (Å²) in [6.07, 6.45) is 12.4. The average Bonchev–Trinajstić information content (AvgIpc) is 3.22. The summed E-state index contributed by atoms with van der Waals surface area (Å²) in [5.41, 5.74) is 10.5. The van der Waals surface area contributed by atoms with E-state index in [4.69, 9.17) is 24.8 Å². The number of benzene rings is 1. The van der Waals surface area contributed by atoms with Crippen LogP contribution in [0.2, 0.25) is 0 Å². The van der Waals surface area contributed by atoms with Gasteiger partial charge in [0.15, 0.2) is 0 Å². The van der Waals surface area contributed by atoms with Gasteiger partial charge in [-0.25, -0.2) is 0 Å². The predicted molar refractivity (Wildman–Crippen MR) is 128 cm³/mol. The summed E-state index contributed by atoms with van der Waals surface area (Å²) in [5.74, 6) is 0.270. The van der Waals surface area contributed by atoms with Crippen LogP contribution in [0.5, 0.6) is 0 Å². The Bertz CT molecular complexity index is 1150. The van der Waals surface area contributed by atoms with Gasteiger partial charge in [0.1, 0.15) is 0 Å². The maximum atomic E-state index is 13.1. The van der Waals surface area contributed by atoms with E-state index < -0.39 is 10.0 Å². The van der Waals surface area contributed by atoms with Crippen LogP contribution in [0.25, 0.3) is 0 Å². The van der Waals surface area contributed by atoms with E-state index in [1.165, 1.54) is 6.20 Å². The van der Waals surface area contributed by atoms with Gasteiger partial charge in [0.05, 0.1) is 0 Å².